The third-order valence-corrected chi connectivity index (χ3v) is 6.38. The predicted octanol–water partition coefficient (Wildman–Crippen LogP) is -1.18. The summed E-state index contributed by atoms with van der Waals surface area (Å²) in [7, 11) is -6.54. The summed E-state index contributed by atoms with van der Waals surface area (Å²) in [5.74, 6) is -0.366. The first-order valence-electron chi connectivity index (χ1n) is 5.09. The van der Waals surface area contributed by atoms with Gasteiger partial charge in [0.1, 0.15) is 0 Å². The van der Waals surface area contributed by atoms with Gasteiger partial charge in [-0.3, -0.25) is 0 Å². The molecule has 0 aromatic carbocycles. The predicted molar refractivity (Wildman–Crippen MR) is 60.3 cm³/mol. The van der Waals surface area contributed by atoms with Crippen LogP contribution in [0.5, 0.6) is 0 Å². The van der Waals surface area contributed by atoms with Gasteiger partial charge in [0.15, 0.2) is 9.84 Å². The molecule has 0 spiro atoms. The molecule has 1 fully saturated rings. The Morgan fingerprint density at radius 1 is 1.44 bits per heavy atom. The quantitative estimate of drug-likeness (QED) is 0.694. The molecule has 1 unspecified atom stereocenters. The van der Waals surface area contributed by atoms with Crippen LogP contribution in [-0.4, -0.2) is 62.7 Å². The second-order valence-electron chi connectivity index (χ2n) is 3.97. The molecule has 16 heavy (non-hydrogen) atoms. The van der Waals surface area contributed by atoms with Crippen LogP contribution in [0.3, 0.4) is 0 Å². The molecule has 1 aliphatic heterocycles. The maximum Gasteiger partial charge on any atom is 0.214 e. The number of hydrogen-bond acceptors (Lipinski definition) is 5. The Morgan fingerprint density at radius 3 is 2.56 bits per heavy atom. The van der Waals surface area contributed by atoms with E-state index in [1.807, 2.05) is 0 Å². The zero-order chi connectivity index (χ0) is 12.4. The van der Waals surface area contributed by atoms with Gasteiger partial charge < -0.3 is 5.11 Å². The lowest BCUT2D eigenvalue weighted by atomic mass is 10.4. The van der Waals surface area contributed by atoms with E-state index >= 15 is 0 Å². The number of rotatable bonds is 4. The Hall–Kier alpha value is -0.180. The fraction of sp³-hybridized carbons (Fsp3) is 1.00. The molecule has 0 amide bonds. The average Bonchev–Trinajstić information content (AvgIpc) is 2.12. The van der Waals surface area contributed by atoms with E-state index in [1.54, 1.807) is 6.92 Å². The van der Waals surface area contributed by atoms with Crippen molar-refractivity contribution < 1.29 is 21.9 Å². The summed E-state index contributed by atoms with van der Waals surface area (Å²) in [6.07, 6.45) is 0.179. The average molecular weight is 271 g/mol. The Bertz CT molecular complexity index is 427. The second kappa shape index (κ2) is 4.99. The molecule has 0 bridgehead atoms. The van der Waals surface area contributed by atoms with E-state index in [2.05, 4.69) is 0 Å². The van der Waals surface area contributed by atoms with Crippen LogP contribution in [0.15, 0.2) is 0 Å². The molecule has 0 aromatic heterocycles. The van der Waals surface area contributed by atoms with Crippen LogP contribution in [0.1, 0.15) is 13.3 Å². The van der Waals surface area contributed by atoms with Crippen molar-refractivity contribution in [1.82, 2.24) is 4.31 Å². The highest BCUT2D eigenvalue weighted by atomic mass is 32.2. The van der Waals surface area contributed by atoms with E-state index in [9.17, 15) is 16.8 Å². The number of aliphatic hydroxyl groups excluding tert-OH is 1. The van der Waals surface area contributed by atoms with E-state index in [0.29, 0.717) is 0 Å². The third kappa shape index (κ3) is 3.41. The van der Waals surface area contributed by atoms with Crippen molar-refractivity contribution in [3.8, 4) is 0 Å². The van der Waals surface area contributed by atoms with E-state index in [-0.39, 0.29) is 36.8 Å². The van der Waals surface area contributed by atoms with Crippen molar-refractivity contribution in [2.75, 3.05) is 30.4 Å². The minimum absolute atomic E-state index is 0.0251. The van der Waals surface area contributed by atoms with Crippen molar-refractivity contribution in [1.29, 1.82) is 0 Å². The molecule has 1 aliphatic rings. The van der Waals surface area contributed by atoms with Gasteiger partial charge in [0, 0.05) is 19.2 Å². The summed E-state index contributed by atoms with van der Waals surface area (Å²) in [6, 6.07) is -0.512. The van der Waals surface area contributed by atoms with E-state index in [1.165, 1.54) is 4.31 Å². The van der Waals surface area contributed by atoms with Crippen molar-refractivity contribution in [2.45, 2.75) is 19.4 Å². The summed E-state index contributed by atoms with van der Waals surface area (Å²) < 4.78 is 47.4. The van der Waals surface area contributed by atoms with Crippen LogP contribution in [0.2, 0.25) is 0 Å². The van der Waals surface area contributed by atoms with Crippen molar-refractivity contribution in [2.24, 2.45) is 0 Å². The minimum atomic E-state index is -3.44. The molecule has 0 aromatic rings. The van der Waals surface area contributed by atoms with Crippen LogP contribution < -0.4 is 0 Å². The number of nitrogens with zero attached hydrogens (tertiary/aromatic N) is 1. The van der Waals surface area contributed by atoms with Gasteiger partial charge in [-0.05, 0) is 13.3 Å². The Kier molecular flexibility index (Phi) is 4.33. The number of sulfone groups is 1. The topological polar surface area (TPSA) is 91.8 Å². The number of aliphatic hydroxyl groups is 1. The van der Waals surface area contributed by atoms with E-state index in [0.717, 1.165) is 0 Å². The van der Waals surface area contributed by atoms with Gasteiger partial charge >= 0.3 is 0 Å². The fourth-order valence-electron chi connectivity index (χ4n) is 1.76. The normalized spacial score (nSPS) is 26.8. The molecule has 1 rings (SSSR count). The summed E-state index contributed by atoms with van der Waals surface area (Å²) in [5.41, 5.74) is 0. The fourth-order valence-corrected chi connectivity index (χ4v) is 5.25. The molecular weight excluding hydrogens is 254 g/mol. The van der Waals surface area contributed by atoms with Crippen molar-refractivity contribution >= 4 is 19.9 Å². The lowest BCUT2D eigenvalue weighted by Crippen LogP contribution is -2.50. The summed E-state index contributed by atoms with van der Waals surface area (Å²) in [4.78, 5) is 0. The van der Waals surface area contributed by atoms with Gasteiger partial charge in [-0.2, -0.15) is 4.31 Å². The molecule has 8 heteroatoms. The molecule has 0 saturated carbocycles. The standard InChI is InChI=1S/C8H17NO5S2/c1-8-7-15(11,12)6-3-9(8)16(13,14)5-2-4-10/h8,10H,2-7H2,1H3. The smallest absolute Gasteiger partial charge is 0.214 e. The van der Waals surface area contributed by atoms with E-state index in [4.69, 9.17) is 5.11 Å². The van der Waals surface area contributed by atoms with Crippen molar-refractivity contribution in [3.63, 3.8) is 0 Å². The number of hydrogen-bond donors (Lipinski definition) is 1. The number of sulfonamides is 1. The van der Waals surface area contributed by atoms with Gasteiger partial charge in [0.2, 0.25) is 10.0 Å². The summed E-state index contributed by atoms with van der Waals surface area (Å²) >= 11 is 0. The summed E-state index contributed by atoms with van der Waals surface area (Å²) in [6.45, 7) is 1.43. The highest BCUT2D eigenvalue weighted by Crippen LogP contribution is 2.16. The van der Waals surface area contributed by atoms with Crippen LogP contribution in [0.25, 0.3) is 0 Å². The highest BCUT2D eigenvalue weighted by Gasteiger charge is 2.34. The van der Waals surface area contributed by atoms with Gasteiger partial charge in [-0.15, -0.1) is 0 Å². The Labute approximate surface area is 96.2 Å². The van der Waals surface area contributed by atoms with Gasteiger partial charge in [0.25, 0.3) is 0 Å². The first kappa shape index (κ1) is 13.9. The second-order valence-corrected chi connectivity index (χ2v) is 8.24. The van der Waals surface area contributed by atoms with Crippen molar-refractivity contribution in [3.05, 3.63) is 0 Å². The molecule has 96 valence electrons. The van der Waals surface area contributed by atoms with Crippen LogP contribution in [-0.2, 0) is 19.9 Å². The minimum Gasteiger partial charge on any atom is -0.396 e. The SMILES string of the molecule is CC1CS(=O)(=O)CCN1S(=O)(=O)CCCO. The van der Waals surface area contributed by atoms with Gasteiger partial charge in [-0.1, -0.05) is 0 Å². The molecule has 1 N–H and O–H groups in total. The van der Waals surface area contributed by atoms with Gasteiger partial charge in [-0.25, -0.2) is 16.8 Å². The first-order valence-corrected chi connectivity index (χ1v) is 8.52. The Morgan fingerprint density at radius 2 is 2.06 bits per heavy atom. The molecule has 6 nitrogen and oxygen atoms in total. The van der Waals surface area contributed by atoms with E-state index < -0.39 is 25.9 Å². The first-order chi connectivity index (χ1) is 7.28. The molecule has 1 heterocycles. The molecule has 0 radical (unpaired) electrons. The van der Waals surface area contributed by atoms with Gasteiger partial charge in [0.05, 0.1) is 17.3 Å². The maximum atomic E-state index is 11.8. The molecule has 0 aliphatic carbocycles. The highest BCUT2D eigenvalue weighted by molar-refractivity contribution is 7.92. The zero-order valence-electron chi connectivity index (χ0n) is 9.16. The maximum absolute atomic E-state index is 11.8. The van der Waals surface area contributed by atoms with Crippen LogP contribution in [0, 0.1) is 0 Å². The lowest BCUT2D eigenvalue weighted by molar-refractivity contribution is 0.292. The lowest BCUT2D eigenvalue weighted by Gasteiger charge is -2.32. The monoisotopic (exact) mass is 271 g/mol. The summed E-state index contributed by atoms with van der Waals surface area (Å²) in [5, 5.41) is 8.60. The molecule has 1 saturated heterocycles. The largest absolute Gasteiger partial charge is 0.396 e. The Balaban J connectivity index is 2.75. The molecule has 1 atom stereocenters. The third-order valence-electron chi connectivity index (χ3n) is 2.53. The zero-order valence-corrected chi connectivity index (χ0v) is 10.8. The van der Waals surface area contributed by atoms with Crippen LogP contribution in [0.4, 0.5) is 0 Å². The molecular formula is C8H17NO5S2. The van der Waals surface area contributed by atoms with Crippen LogP contribution >= 0.6 is 0 Å².